The topological polar surface area (TPSA) is 49.4 Å². The van der Waals surface area contributed by atoms with Gasteiger partial charge in [0.1, 0.15) is 0 Å². The fourth-order valence-electron chi connectivity index (χ4n) is 2.00. The zero-order chi connectivity index (χ0) is 13.4. The Morgan fingerprint density at radius 1 is 1.33 bits per heavy atom. The molecule has 1 aliphatic rings. The van der Waals surface area contributed by atoms with Gasteiger partial charge in [-0.25, -0.2) is 8.42 Å². The van der Waals surface area contributed by atoms with Crippen molar-refractivity contribution in [3.63, 3.8) is 0 Å². The average molecular weight is 294 g/mol. The Bertz CT molecular complexity index is 320. The molecule has 1 N–H and O–H groups in total. The molecule has 0 radical (unpaired) electrons. The molecular weight excluding hydrogens is 268 g/mol. The number of hydrogen-bond donors (Lipinski definition) is 1. The van der Waals surface area contributed by atoms with E-state index < -0.39 is 10.0 Å². The zero-order valence-corrected chi connectivity index (χ0v) is 13.2. The third-order valence-corrected chi connectivity index (χ3v) is 6.43. The van der Waals surface area contributed by atoms with Crippen molar-refractivity contribution >= 4 is 21.8 Å². The Hall–Kier alpha value is 0.220. The van der Waals surface area contributed by atoms with E-state index in [1.54, 1.807) is 4.31 Å². The zero-order valence-electron chi connectivity index (χ0n) is 11.5. The first-order valence-electron chi connectivity index (χ1n) is 6.90. The van der Waals surface area contributed by atoms with Gasteiger partial charge in [0.05, 0.1) is 5.75 Å². The maximum Gasteiger partial charge on any atom is 0.214 e. The summed E-state index contributed by atoms with van der Waals surface area (Å²) in [7, 11) is -3.03. The predicted molar refractivity (Wildman–Crippen MR) is 79.7 cm³/mol. The molecule has 1 heterocycles. The Kier molecular flexibility index (Phi) is 7.60. The van der Waals surface area contributed by atoms with E-state index in [-0.39, 0.29) is 5.75 Å². The second kappa shape index (κ2) is 8.40. The first kappa shape index (κ1) is 16.3. The molecule has 18 heavy (non-hydrogen) atoms. The lowest BCUT2D eigenvalue weighted by molar-refractivity contribution is 0.415. The molecular formula is C12H26N2O2S2. The third kappa shape index (κ3) is 5.47. The lowest BCUT2D eigenvalue weighted by Gasteiger charge is -2.31. The first-order valence-corrected chi connectivity index (χ1v) is 9.56. The van der Waals surface area contributed by atoms with E-state index in [0.29, 0.717) is 24.8 Å². The summed E-state index contributed by atoms with van der Waals surface area (Å²) < 4.78 is 26.0. The van der Waals surface area contributed by atoms with Gasteiger partial charge in [-0.1, -0.05) is 13.8 Å². The fraction of sp³-hybridized carbons (Fsp3) is 1.00. The normalized spacial score (nSPS) is 22.2. The van der Waals surface area contributed by atoms with Crippen molar-refractivity contribution in [2.24, 2.45) is 0 Å². The van der Waals surface area contributed by atoms with Gasteiger partial charge in [0, 0.05) is 24.1 Å². The van der Waals surface area contributed by atoms with E-state index in [1.807, 2.05) is 11.8 Å². The Morgan fingerprint density at radius 2 is 2.11 bits per heavy atom. The highest BCUT2D eigenvalue weighted by Crippen LogP contribution is 2.23. The van der Waals surface area contributed by atoms with Crippen LogP contribution in [0.15, 0.2) is 0 Å². The molecule has 0 aliphatic carbocycles. The maximum atomic E-state index is 12.2. The minimum absolute atomic E-state index is 0.283. The monoisotopic (exact) mass is 294 g/mol. The van der Waals surface area contributed by atoms with Crippen LogP contribution in [0.5, 0.6) is 0 Å². The van der Waals surface area contributed by atoms with E-state index in [1.165, 1.54) is 0 Å². The number of nitrogens with zero attached hydrogens (tertiary/aromatic N) is 1. The van der Waals surface area contributed by atoms with Crippen LogP contribution >= 0.6 is 11.8 Å². The van der Waals surface area contributed by atoms with E-state index in [4.69, 9.17) is 0 Å². The van der Waals surface area contributed by atoms with Gasteiger partial charge in [0.15, 0.2) is 0 Å². The Balaban J connectivity index is 2.33. The highest BCUT2D eigenvalue weighted by atomic mass is 32.2. The van der Waals surface area contributed by atoms with Crippen LogP contribution in [0.25, 0.3) is 0 Å². The van der Waals surface area contributed by atoms with E-state index in [9.17, 15) is 8.42 Å². The summed E-state index contributed by atoms with van der Waals surface area (Å²) in [6.07, 6.45) is 2.85. The SMILES string of the molecule is CCCNCCCS(=O)(=O)N1CCSC(CC)C1. The number of sulfonamides is 1. The van der Waals surface area contributed by atoms with Crippen LogP contribution < -0.4 is 5.32 Å². The van der Waals surface area contributed by atoms with Crippen LogP contribution in [-0.2, 0) is 10.0 Å². The molecule has 1 unspecified atom stereocenters. The molecule has 0 saturated carbocycles. The molecule has 0 aromatic carbocycles. The summed E-state index contributed by atoms with van der Waals surface area (Å²) in [6.45, 7) is 7.39. The van der Waals surface area contributed by atoms with Gasteiger partial charge < -0.3 is 5.32 Å². The highest BCUT2D eigenvalue weighted by Gasteiger charge is 2.27. The summed E-state index contributed by atoms with van der Waals surface area (Å²) in [4.78, 5) is 0. The molecule has 1 atom stereocenters. The fourth-order valence-corrected chi connectivity index (χ4v) is 4.94. The van der Waals surface area contributed by atoms with Crippen LogP contribution in [0, 0.1) is 0 Å². The largest absolute Gasteiger partial charge is 0.317 e. The van der Waals surface area contributed by atoms with Crippen molar-refractivity contribution in [3.05, 3.63) is 0 Å². The summed E-state index contributed by atoms with van der Waals surface area (Å²) in [5.41, 5.74) is 0. The standard InChI is InChI=1S/C12H26N2O2S2/c1-3-6-13-7-5-10-18(15,16)14-8-9-17-12(4-2)11-14/h12-13H,3-11H2,1-2H3. The first-order chi connectivity index (χ1) is 8.60. The van der Waals surface area contributed by atoms with E-state index >= 15 is 0 Å². The molecule has 1 rings (SSSR count). The molecule has 0 aromatic rings. The number of thioether (sulfide) groups is 1. The van der Waals surface area contributed by atoms with Crippen LogP contribution in [0.4, 0.5) is 0 Å². The van der Waals surface area contributed by atoms with Crippen molar-refractivity contribution in [1.82, 2.24) is 9.62 Å². The third-order valence-electron chi connectivity index (χ3n) is 3.13. The Morgan fingerprint density at radius 3 is 2.78 bits per heavy atom. The van der Waals surface area contributed by atoms with E-state index in [2.05, 4.69) is 19.2 Å². The molecule has 1 saturated heterocycles. The van der Waals surface area contributed by atoms with Crippen LogP contribution in [0.3, 0.4) is 0 Å². The summed E-state index contributed by atoms with van der Waals surface area (Å²) in [5, 5.41) is 3.72. The van der Waals surface area contributed by atoms with Crippen molar-refractivity contribution in [3.8, 4) is 0 Å². The van der Waals surface area contributed by atoms with Crippen molar-refractivity contribution in [2.75, 3.05) is 37.7 Å². The molecule has 1 aliphatic heterocycles. The molecule has 4 nitrogen and oxygen atoms in total. The quantitative estimate of drug-likeness (QED) is 0.690. The molecule has 108 valence electrons. The van der Waals surface area contributed by atoms with Gasteiger partial charge in [0.2, 0.25) is 10.0 Å². The van der Waals surface area contributed by atoms with Gasteiger partial charge in [-0.15, -0.1) is 0 Å². The number of hydrogen-bond acceptors (Lipinski definition) is 4. The maximum absolute atomic E-state index is 12.2. The van der Waals surface area contributed by atoms with E-state index in [0.717, 1.165) is 31.7 Å². The molecule has 0 spiro atoms. The molecule has 0 amide bonds. The highest BCUT2D eigenvalue weighted by molar-refractivity contribution is 8.00. The van der Waals surface area contributed by atoms with Gasteiger partial charge >= 0.3 is 0 Å². The minimum Gasteiger partial charge on any atom is -0.317 e. The summed E-state index contributed by atoms with van der Waals surface area (Å²) >= 11 is 1.90. The number of rotatable bonds is 8. The Labute approximate surface area is 116 Å². The van der Waals surface area contributed by atoms with Gasteiger partial charge in [0.25, 0.3) is 0 Å². The molecule has 0 bridgehead atoms. The summed E-state index contributed by atoms with van der Waals surface area (Å²) in [5.74, 6) is 1.22. The average Bonchev–Trinajstić information content (AvgIpc) is 2.38. The lowest BCUT2D eigenvalue weighted by Crippen LogP contribution is -2.43. The van der Waals surface area contributed by atoms with Crippen molar-refractivity contribution in [1.29, 1.82) is 0 Å². The van der Waals surface area contributed by atoms with Crippen LogP contribution in [-0.4, -0.2) is 55.7 Å². The van der Waals surface area contributed by atoms with Gasteiger partial charge in [-0.2, -0.15) is 16.1 Å². The molecule has 6 heteroatoms. The minimum atomic E-state index is -3.03. The number of nitrogens with one attached hydrogen (secondary N) is 1. The van der Waals surface area contributed by atoms with Crippen molar-refractivity contribution < 1.29 is 8.42 Å². The second-order valence-corrected chi connectivity index (χ2v) is 8.18. The van der Waals surface area contributed by atoms with Gasteiger partial charge in [-0.3, -0.25) is 0 Å². The predicted octanol–water partition coefficient (Wildman–Crippen LogP) is 1.53. The van der Waals surface area contributed by atoms with Gasteiger partial charge in [-0.05, 0) is 32.4 Å². The van der Waals surface area contributed by atoms with Crippen molar-refractivity contribution in [2.45, 2.75) is 38.4 Å². The lowest BCUT2D eigenvalue weighted by atomic mass is 10.3. The smallest absolute Gasteiger partial charge is 0.214 e. The summed E-state index contributed by atoms with van der Waals surface area (Å²) in [6, 6.07) is 0. The molecule has 1 fully saturated rings. The second-order valence-electron chi connectivity index (χ2n) is 4.68. The van der Waals surface area contributed by atoms with Crippen LogP contribution in [0.2, 0.25) is 0 Å². The molecule has 0 aromatic heterocycles. The van der Waals surface area contributed by atoms with Crippen LogP contribution in [0.1, 0.15) is 33.1 Å².